The molecule has 11 nitrogen and oxygen atoms in total. The highest BCUT2D eigenvalue weighted by molar-refractivity contribution is 6.42. The van der Waals surface area contributed by atoms with Crippen molar-refractivity contribution in [2.45, 2.75) is 31.8 Å². The monoisotopic (exact) mass is 637 g/mol. The van der Waals surface area contributed by atoms with Gasteiger partial charge in [0.1, 0.15) is 27.4 Å². The maximum Gasteiger partial charge on any atom is 0.330 e. The number of piperidine rings is 1. The van der Waals surface area contributed by atoms with Crippen LogP contribution in [0.4, 0.5) is 27.9 Å². The van der Waals surface area contributed by atoms with Crippen molar-refractivity contribution in [1.82, 2.24) is 14.9 Å². The molecule has 5 rings (SSSR count). The van der Waals surface area contributed by atoms with Crippen molar-refractivity contribution in [3.05, 3.63) is 57.7 Å². The largest absolute Gasteiger partial charge is 0.495 e. The van der Waals surface area contributed by atoms with Crippen molar-refractivity contribution in [2.24, 2.45) is 0 Å². The number of likely N-dealkylation sites (tertiary alicyclic amines) is 1. The highest BCUT2D eigenvalue weighted by atomic mass is 35.5. The molecule has 3 heterocycles. The van der Waals surface area contributed by atoms with Crippen LogP contribution in [0.25, 0.3) is 0 Å². The van der Waals surface area contributed by atoms with Crippen LogP contribution in [0.1, 0.15) is 24.0 Å². The number of amides is 3. The molecule has 3 aromatic rings. The molecule has 230 valence electrons. The number of rotatable bonds is 9. The van der Waals surface area contributed by atoms with Gasteiger partial charge in [0, 0.05) is 36.1 Å². The third-order valence-corrected chi connectivity index (χ3v) is 8.46. The average Bonchev–Trinajstić information content (AvgIpc) is 3.03. The van der Waals surface area contributed by atoms with Gasteiger partial charge in [0.15, 0.2) is 0 Å². The first kappa shape index (κ1) is 31.2. The van der Waals surface area contributed by atoms with E-state index in [1.165, 1.54) is 19.1 Å². The summed E-state index contributed by atoms with van der Waals surface area (Å²) in [7, 11) is 5.07. The van der Waals surface area contributed by atoms with Crippen molar-refractivity contribution in [3.8, 4) is 23.8 Å². The van der Waals surface area contributed by atoms with Crippen LogP contribution in [-0.4, -0.2) is 73.7 Å². The number of ether oxygens (including phenoxy) is 2. The Balaban J connectivity index is 1.47. The van der Waals surface area contributed by atoms with E-state index in [0.29, 0.717) is 41.9 Å². The minimum absolute atomic E-state index is 0.137. The van der Waals surface area contributed by atoms with Crippen LogP contribution in [0.2, 0.25) is 10.0 Å². The Hall–Kier alpha value is -4.24. The molecule has 2 aliphatic rings. The summed E-state index contributed by atoms with van der Waals surface area (Å²) in [5, 5.41) is 6.44. The number of urea groups is 1. The third kappa shape index (κ3) is 6.63. The number of benzene rings is 2. The molecule has 0 saturated carbocycles. The van der Waals surface area contributed by atoms with Crippen molar-refractivity contribution in [3.63, 3.8) is 0 Å². The molecular weight excluding hydrogens is 605 g/mol. The Labute approximate surface area is 266 Å². The Morgan fingerprint density at radius 2 is 1.77 bits per heavy atom. The number of carbonyl (C=O) groups excluding carboxylic acids is 2. The van der Waals surface area contributed by atoms with Crippen molar-refractivity contribution < 1.29 is 19.1 Å². The van der Waals surface area contributed by atoms with E-state index < -0.39 is 5.91 Å². The lowest BCUT2D eigenvalue weighted by Crippen LogP contribution is -2.49. The van der Waals surface area contributed by atoms with Gasteiger partial charge in [-0.1, -0.05) is 35.3 Å². The average molecular weight is 639 g/mol. The maximum atomic E-state index is 14.3. The number of anilines is 4. The predicted molar refractivity (Wildman–Crippen MR) is 172 cm³/mol. The van der Waals surface area contributed by atoms with E-state index in [9.17, 15) is 9.59 Å². The normalized spacial score (nSPS) is 15.4. The molecule has 0 bridgehead atoms. The molecule has 3 amide bonds. The summed E-state index contributed by atoms with van der Waals surface area (Å²) in [6, 6.07) is 8.71. The van der Waals surface area contributed by atoms with Crippen LogP contribution in [0, 0.1) is 12.3 Å². The minimum atomic E-state index is -0.524. The smallest absolute Gasteiger partial charge is 0.330 e. The summed E-state index contributed by atoms with van der Waals surface area (Å²) in [5.74, 6) is 3.12. The molecule has 1 fully saturated rings. The Morgan fingerprint density at radius 3 is 2.39 bits per heavy atom. The van der Waals surface area contributed by atoms with Gasteiger partial charge in [0.25, 0.3) is 5.91 Å². The number of terminal acetylenes is 1. The fourth-order valence-corrected chi connectivity index (χ4v) is 5.98. The van der Waals surface area contributed by atoms with E-state index in [1.54, 1.807) is 29.3 Å². The van der Waals surface area contributed by atoms with Gasteiger partial charge in [-0.05, 0) is 63.0 Å². The van der Waals surface area contributed by atoms with Crippen molar-refractivity contribution in [2.75, 3.05) is 61.3 Å². The second-order valence-electron chi connectivity index (χ2n) is 10.6. The molecule has 0 atom stereocenters. The Bertz CT molecular complexity index is 1560. The lowest BCUT2D eigenvalue weighted by Gasteiger charge is -2.37. The zero-order valence-electron chi connectivity index (χ0n) is 24.7. The number of hydrogen-bond donors (Lipinski definition) is 2. The number of aromatic nitrogens is 2. The van der Waals surface area contributed by atoms with Crippen LogP contribution in [-0.2, 0) is 17.8 Å². The first-order valence-corrected chi connectivity index (χ1v) is 14.8. The van der Waals surface area contributed by atoms with Crippen LogP contribution < -0.4 is 29.9 Å². The zero-order chi connectivity index (χ0) is 31.4. The van der Waals surface area contributed by atoms with E-state index in [2.05, 4.69) is 27.6 Å². The molecule has 0 radical (unpaired) electrons. The molecule has 0 aliphatic carbocycles. The van der Waals surface area contributed by atoms with E-state index in [1.807, 2.05) is 18.1 Å². The summed E-state index contributed by atoms with van der Waals surface area (Å²) < 4.78 is 10.9. The number of halogens is 2. The first-order valence-electron chi connectivity index (χ1n) is 14.1. The van der Waals surface area contributed by atoms with Gasteiger partial charge in [-0.25, -0.2) is 9.78 Å². The van der Waals surface area contributed by atoms with Gasteiger partial charge in [-0.2, -0.15) is 4.98 Å². The molecule has 13 heteroatoms. The van der Waals surface area contributed by atoms with Gasteiger partial charge < -0.3 is 25.0 Å². The van der Waals surface area contributed by atoms with Crippen LogP contribution in [0.15, 0.2) is 36.5 Å². The summed E-state index contributed by atoms with van der Waals surface area (Å²) in [6.07, 6.45) is 9.32. The van der Waals surface area contributed by atoms with Gasteiger partial charge in [0.05, 0.1) is 26.5 Å². The fourth-order valence-electron chi connectivity index (χ4n) is 5.27. The summed E-state index contributed by atoms with van der Waals surface area (Å²) >= 11 is 13.5. The SMILES string of the molecule is C#CC(=O)Nc1ccc(CCN2C(=O)N(c3c(Cl)c(OC)cc(OC)c3Cl)Cc3cnc(NC4CCN(C)CC4)nc32)cc1. The fraction of sp³-hybridized carbons (Fsp3) is 0.355. The summed E-state index contributed by atoms with van der Waals surface area (Å²) in [4.78, 5) is 40.6. The molecule has 1 aromatic heterocycles. The molecule has 2 aliphatic heterocycles. The van der Waals surface area contributed by atoms with Crippen molar-refractivity contribution in [1.29, 1.82) is 0 Å². The molecule has 2 N–H and O–H groups in total. The highest BCUT2D eigenvalue weighted by Crippen LogP contribution is 2.48. The summed E-state index contributed by atoms with van der Waals surface area (Å²) in [5.41, 5.74) is 2.51. The van der Waals surface area contributed by atoms with E-state index in [-0.39, 0.29) is 34.4 Å². The number of methoxy groups -OCH3 is 2. The number of carbonyl (C=O) groups is 2. The molecule has 1 saturated heterocycles. The molecule has 44 heavy (non-hydrogen) atoms. The second-order valence-corrected chi connectivity index (χ2v) is 11.3. The second kappa shape index (κ2) is 13.6. The van der Waals surface area contributed by atoms with E-state index in [0.717, 1.165) is 37.1 Å². The maximum absolute atomic E-state index is 14.3. The number of nitrogens with one attached hydrogen (secondary N) is 2. The summed E-state index contributed by atoms with van der Waals surface area (Å²) in [6.45, 7) is 2.40. The van der Waals surface area contributed by atoms with Crippen LogP contribution in [0.3, 0.4) is 0 Å². The van der Waals surface area contributed by atoms with E-state index in [4.69, 9.17) is 44.1 Å². The molecular formula is C31H33Cl2N7O4. The number of hydrogen-bond acceptors (Lipinski definition) is 8. The molecule has 2 aromatic carbocycles. The van der Waals surface area contributed by atoms with E-state index >= 15 is 0 Å². The lowest BCUT2D eigenvalue weighted by molar-refractivity contribution is -0.111. The Morgan fingerprint density at radius 1 is 1.11 bits per heavy atom. The van der Waals surface area contributed by atoms with Crippen molar-refractivity contribution >= 4 is 58.3 Å². The standard InChI is InChI=1S/C31H33Cl2N7O4/c1-5-25(41)35-21-8-6-19(7-9-21)10-15-39-29-20(17-34-30(37-29)36-22-11-13-38(2)14-12-22)18-40(31(39)42)28-26(32)23(43-3)16-24(44-4)27(28)33/h1,6-9,16-17,22H,10-15,18H2,2-4H3,(H,35,41)(H,34,36,37). The third-order valence-electron chi connectivity index (χ3n) is 7.73. The first-order chi connectivity index (χ1) is 21.2. The van der Waals surface area contributed by atoms with Gasteiger partial charge in [-0.3, -0.25) is 14.6 Å². The van der Waals surface area contributed by atoms with Crippen LogP contribution in [0.5, 0.6) is 11.5 Å². The minimum Gasteiger partial charge on any atom is -0.495 e. The zero-order valence-corrected chi connectivity index (χ0v) is 26.2. The van der Waals surface area contributed by atoms with Gasteiger partial charge in [0.2, 0.25) is 5.95 Å². The quantitative estimate of drug-likeness (QED) is 0.313. The lowest BCUT2D eigenvalue weighted by atomic mass is 10.1. The van der Waals surface area contributed by atoms with Crippen LogP contribution >= 0.6 is 23.2 Å². The predicted octanol–water partition coefficient (Wildman–Crippen LogP) is 5.07. The Kier molecular flexibility index (Phi) is 9.64. The molecule has 0 spiro atoms. The van der Waals surface area contributed by atoms with Gasteiger partial charge >= 0.3 is 6.03 Å². The highest BCUT2D eigenvalue weighted by Gasteiger charge is 2.36. The molecule has 0 unspecified atom stereocenters. The topological polar surface area (TPSA) is 112 Å². The van der Waals surface area contributed by atoms with Gasteiger partial charge in [-0.15, -0.1) is 6.42 Å². The number of fused-ring (bicyclic) bond motifs is 1. The number of nitrogens with zero attached hydrogens (tertiary/aromatic N) is 5.